The zero-order chi connectivity index (χ0) is 30.1. The zero-order valence-electron chi connectivity index (χ0n) is 25.2. The number of benzene rings is 4. The van der Waals surface area contributed by atoms with Crippen molar-refractivity contribution in [3.05, 3.63) is 128 Å². The summed E-state index contributed by atoms with van der Waals surface area (Å²) in [5.41, 5.74) is 10.1. The van der Waals surface area contributed by atoms with Crippen LogP contribution < -0.4 is 11.0 Å². The van der Waals surface area contributed by atoms with E-state index in [9.17, 15) is 0 Å². The first-order chi connectivity index (χ1) is 22.0. The van der Waals surface area contributed by atoms with Crippen LogP contribution >= 0.6 is 0 Å². The van der Waals surface area contributed by atoms with Crippen molar-refractivity contribution in [3.63, 3.8) is 0 Å². The van der Waals surface area contributed by atoms with Crippen molar-refractivity contribution < 1.29 is 0 Å². The average Bonchev–Trinajstić information content (AvgIpc) is 3.73. The van der Waals surface area contributed by atoms with Gasteiger partial charge in [0.15, 0.2) is 23.3 Å². The van der Waals surface area contributed by atoms with Crippen LogP contribution in [0.5, 0.6) is 0 Å². The third-order valence-electron chi connectivity index (χ3n) is 9.53. The predicted octanol–water partition coefficient (Wildman–Crippen LogP) is 6.28. The van der Waals surface area contributed by atoms with E-state index >= 15 is 0 Å². The molecule has 4 aromatic carbocycles. The van der Waals surface area contributed by atoms with E-state index in [1.54, 1.807) is 0 Å². The van der Waals surface area contributed by atoms with Crippen LogP contribution in [0, 0.1) is 27.7 Å². The highest BCUT2D eigenvalue weighted by Crippen LogP contribution is 2.42. The minimum absolute atomic E-state index is 0.420. The van der Waals surface area contributed by atoms with Crippen molar-refractivity contribution in [3.8, 4) is 0 Å². The zero-order valence-corrected chi connectivity index (χ0v) is 25.2. The topological polar surface area (TPSA) is 84.0 Å². The molecule has 4 aliphatic rings. The van der Waals surface area contributed by atoms with Gasteiger partial charge in [0.1, 0.15) is 29.3 Å². The fourth-order valence-electron chi connectivity index (χ4n) is 7.41. The standard InChI is InChI=1S/C37H26N8/c1-18-9-5-13-22-26(18)32-38-30(22)40-36-29-21(4)12-8-16-25(29)35-43-33-27-19(2)10-6-14-23(27)31(39-33)41-37-28-20(3)11-7-15-24(28)34(42-32)44(37)17-45(35)36/h5-16H,17H2,1-4H3. The summed E-state index contributed by atoms with van der Waals surface area (Å²) in [6, 6.07) is 25.3. The Kier molecular flexibility index (Phi) is 4.63. The summed E-state index contributed by atoms with van der Waals surface area (Å²) in [7, 11) is 0. The smallest absolute Gasteiger partial charge is 0.165 e. The molecule has 6 bridgehead atoms. The fourth-order valence-corrected chi connectivity index (χ4v) is 7.41. The van der Waals surface area contributed by atoms with E-state index in [1.165, 1.54) is 0 Å². The molecular formula is C37H26N8. The van der Waals surface area contributed by atoms with Gasteiger partial charge in [-0.15, -0.1) is 0 Å². The summed E-state index contributed by atoms with van der Waals surface area (Å²) < 4.78 is 4.41. The van der Waals surface area contributed by atoms with Gasteiger partial charge >= 0.3 is 0 Å². The minimum atomic E-state index is 0.420. The maximum atomic E-state index is 5.36. The number of aliphatic imine (C=N–C) groups is 4. The Morgan fingerprint density at radius 3 is 1.71 bits per heavy atom. The number of amidine groups is 4. The average molecular weight is 583 g/mol. The van der Waals surface area contributed by atoms with Gasteiger partial charge in [0.05, 0.1) is 0 Å². The van der Waals surface area contributed by atoms with Gasteiger partial charge < -0.3 is 0 Å². The van der Waals surface area contributed by atoms with E-state index in [4.69, 9.17) is 30.0 Å². The maximum Gasteiger partial charge on any atom is 0.165 e. The van der Waals surface area contributed by atoms with E-state index < -0.39 is 0 Å². The molecule has 0 saturated carbocycles. The SMILES string of the molecule is Cc1cccc2c1C1=NC2=Nc2c3c(C)cccc3c3n2Cn2c(c4cccc(C)c4c2=NC2=NC(=N3)c3c(C)cccc32)=N1. The van der Waals surface area contributed by atoms with Crippen LogP contribution in [0.2, 0.25) is 0 Å². The molecule has 6 heterocycles. The van der Waals surface area contributed by atoms with E-state index in [0.29, 0.717) is 30.0 Å². The largest absolute Gasteiger partial charge is 0.291 e. The molecule has 0 amide bonds. The van der Waals surface area contributed by atoms with Crippen LogP contribution in [0.15, 0.2) is 103 Å². The first kappa shape index (κ1) is 24.7. The molecule has 8 heteroatoms. The van der Waals surface area contributed by atoms with Crippen LogP contribution in [0.25, 0.3) is 21.5 Å². The molecule has 0 fully saturated rings. The van der Waals surface area contributed by atoms with Gasteiger partial charge in [0, 0.05) is 43.8 Å². The molecule has 0 atom stereocenters. The summed E-state index contributed by atoms with van der Waals surface area (Å²) in [6.07, 6.45) is 0. The summed E-state index contributed by atoms with van der Waals surface area (Å²) in [5, 5.41) is 4.16. The molecule has 2 aromatic heterocycles. The van der Waals surface area contributed by atoms with Crippen molar-refractivity contribution in [2.75, 3.05) is 0 Å². The quantitative estimate of drug-likeness (QED) is 0.202. The molecule has 214 valence electrons. The van der Waals surface area contributed by atoms with Crippen molar-refractivity contribution >= 4 is 56.5 Å². The highest BCUT2D eigenvalue weighted by molar-refractivity contribution is 6.26. The molecule has 4 aliphatic heterocycles. The molecule has 0 saturated heterocycles. The van der Waals surface area contributed by atoms with Gasteiger partial charge in [-0.05, 0) is 49.9 Å². The lowest BCUT2D eigenvalue weighted by Gasteiger charge is -2.13. The Labute approximate surface area is 257 Å². The van der Waals surface area contributed by atoms with Gasteiger partial charge in [-0.3, -0.25) is 9.13 Å². The van der Waals surface area contributed by atoms with Crippen molar-refractivity contribution in [2.24, 2.45) is 30.0 Å². The number of hydrogen-bond acceptors (Lipinski definition) is 6. The normalized spacial score (nSPS) is 15.5. The number of hydrogen-bond donors (Lipinski definition) is 0. The third-order valence-corrected chi connectivity index (χ3v) is 9.53. The van der Waals surface area contributed by atoms with Crippen molar-refractivity contribution in [1.29, 1.82) is 0 Å². The molecule has 0 aliphatic carbocycles. The number of fused-ring (bicyclic) bond motifs is 14. The summed E-state index contributed by atoms with van der Waals surface area (Å²) >= 11 is 0. The summed E-state index contributed by atoms with van der Waals surface area (Å²) in [6.45, 7) is 8.92. The van der Waals surface area contributed by atoms with Crippen LogP contribution in [-0.2, 0) is 6.67 Å². The van der Waals surface area contributed by atoms with Gasteiger partial charge in [-0.1, -0.05) is 72.8 Å². The number of rotatable bonds is 0. The Bertz CT molecular complexity index is 2660. The molecule has 45 heavy (non-hydrogen) atoms. The number of nitrogens with zero attached hydrogens (tertiary/aromatic N) is 8. The Balaban J connectivity index is 1.50. The minimum Gasteiger partial charge on any atom is -0.291 e. The number of aryl methyl sites for hydroxylation is 4. The fraction of sp³-hybridized carbons (Fsp3) is 0.135. The van der Waals surface area contributed by atoms with E-state index in [0.717, 1.165) is 88.7 Å². The molecule has 0 N–H and O–H groups in total. The maximum absolute atomic E-state index is 5.36. The Hall–Kier alpha value is -5.76. The van der Waals surface area contributed by atoms with Gasteiger partial charge in [0.2, 0.25) is 0 Å². The lowest BCUT2D eigenvalue weighted by atomic mass is 10.0. The van der Waals surface area contributed by atoms with Gasteiger partial charge in [-0.25, -0.2) is 30.0 Å². The van der Waals surface area contributed by atoms with Crippen molar-refractivity contribution in [2.45, 2.75) is 34.4 Å². The molecule has 6 aromatic rings. The first-order valence-electron chi connectivity index (χ1n) is 15.2. The van der Waals surface area contributed by atoms with Crippen LogP contribution in [0.3, 0.4) is 0 Å². The summed E-state index contributed by atoms with van der Waals surface area (Å²) in [5.74, 6) is 4.29. The van der Waals surface area contributed by atoms with Crippen LogP contribution in [0.1, 0.15) is 44.5 Å². The second kappa shape index (κ2) is 8.45. The summed E-state index contributed by atoms with van der Waals surface area (Å²) in [4.78, 5) is 31.7. The molecular weight excluding hydrogens is 556 g/mol. The predicted molar refractivity (Wildman–Crippen MR) is 179 cm³/mol. The van der Waals surface area contributed by atoms with E-state index in [1.807, 2.05) is 0 Å². The molecule has 10 rings (SSSR count). The highest BCUT2D eigenvalue weighted by atomic mass is 15.3. The van der Waals surface area contributed by atoms with Crippen LogP contribution in [-0.4, -0.2) is 32.5 Å². The number of aromatic nitrogens is 2. The lowest BCUT2D eigenvalue weighted by molar-refractivity contribution is 0.583. The van der Waals surface area contributed by atoms with Gasteiger partial charge in [0.25, 0.3) is 0 Å². The molecule has 8 nitrogen and oxygen atoms in total. The third kappa shape index (κ3) is 3.15. The first-order valence-corrected chi connectivity index (χ1v) is 15.2. The molecule has 0 radical (unpaired) electrons. The molecule has 0 spiro atoms. The Morgan fingerprint density at radius 2 is 0.978 bits per heavy atom. The van der Waals surface area contributed by atoms with E-state index in [2.05, 4.69) is 110 Å². The second-order valence-electron chi connectivity index (χ2n) is 12.2. The second-order valence-corrected chi connectivity index (χ2v) is 12.2. The van der Waals surface area contributed by atoms with Gasteiger partial charge in [-0.2, -0.15) is 0 Å². The lowest BCUT2D eigenvalue weighted by Crippen LogP contribution is -2.32. The molecule has 0 unspecified atom stereocenters. The Morgan fingerprint density at radius 1 is 0.444 bits per heavy atom. The van der Waals surface area contributed by atoms with Crippen LogP contribution in [0.4, 0.5) is 11.6 Å². The van der Waals surface area contributed by atoms with E-state index in [-0.39, 0.29) is 0 Å². The van der Waals surface area contributed by atoms with Crippen molar-refractivity contribution in [1.82, 2.24) is 9.13 Å². The monoisotopic (exact) mass is 582 g/mol. The highest BCUT2D eigenvalue weighted by Gasteiger charge is 2.31.